The lowest BCUT2D eigenvalue weighted by Crippen LogP contribution is -2.68. The van der Waals surface area contributed by atoms with E-state index in [1.807, 2.05) is 18.9 Å². The Bertz CT molecular complexity index is 777. The van der Waals surface area contributed by atoms with Crippen LogP contribution in [0.5, 0.6) is 0 Å². The van der Waals surface area contributed by atoms with E-state index < -0.39 is 24.5 Å². The molecule has 3 heterocycles. The summed E-state index contributed by atoms with van der Waals surface area (Å²) in [6.07, 6.45) is 1.78. The lowest BCUT2D eigenvalue weighted by Gasteiger charge is -2.38. The summed E-state index contributed by atoms with van der Waals surface area (Å²) in [4.78, 5) is 16.6. The van der Waals surface area contributed by atoms with Crippen LogP contribution in [0.1, 0.15) is 59.8 Å². The number of carbonyl (C=O) groups is 1. The van der Waals surface area contributed by atoms with Crippen molar-refractivity contribution in [3.05, 3.63) is 0 Å². The number of nitrogens with zero attached hydrogens (tertiary/aromatic N) is 2. The molecule has 1 aliphatic carbocycles. The molecule has 4 aliphatic rings. The van der Waals surface area contributed by atoms with Gasteiger partial charge in [-0.05, 0) is 64.0 Å². The molecule has 3 saturated heterocycles. The number of rotatable bonds is 8. The highest BCUT2D eigenvalue weighted by Gasteiger charge is 2.51. The van der Waals surface area contributed by atoms with Crippen LogP contribution in [0.2, 0.25) is 0 Å². The molecular weight excluding hydrogens is 488 g/mol. The molecule has 4 fully saturated rings. The zero-order chi connectivity index (χ0) is 27.6. The largest absolute Gasteiger partial charge is 0.387 e. The smallest absolute Gasteiger partial charge is 0.315 e. The molecule has 4 rings (SSSR count). The Morgan fingerprint density at radius 3 is 2.55 bits per heavy atom. The molecule has 12 nitrogen and oxygen atoms in total. The Hall–Kier alpha value is -1.09. The molecule has 0 radical (unpaired) electrons. The van der Waals surface area contributed by atoms with E-state index in [2.05, 4.69) is 52.3 Å². The van der Waals surface area contributed by atoms with Gasteiger partial charge >= 0.3 is 6.03 Å². The quantitative estimate of drug-likeness (QED) is 0.193. The number of amides is 2. The fourth-order valence-electron chi connectivity index (χ4n) is 6.44. The Kier molecular flexibility index (Phi) is 9.92. The molecule has 0 bridgehead atoms. The van der Waals surface area contributed by atoms with Gasteiger partial charge in [0.1, 0.15) is 24.5 Å². The molecule has 9 N–H and O–H groups in total. The molecule has 12 heteroatoms. The monoisotopic (exact) mass is 540 g/mol. The highest BCUT2D eigenvalue weighted by Crippen LogP contribution is 2.37. The standard InChI is InChI=1S/C26H52N8O4/c1-15(31-25(37)32-17-8-6-16(7-9-17)26(2,3)4)10-11-33(5)12-18-20(35)21(36)24(38-18)34-14-30-19-22(27)28-13-29-23(19)34/h15-24,28-30,35-36H,6-14,27H2,1-5H3,(H2,31,32,37)/t15?,16?,17?,18-,19?,20-,21-,22?,23?,24-/m1/s1. The third-order valence-electron chi connectivity index (χ3n) is 9.01. The van der Waals surface area contributed by atoms with Gasteiger partial charge in [0.2, 0.25) is 0 Å². The lowest BCUT2D eigenvalue weighted by molar-refractivity contribution is -0.106. The van der Waals surface area contributed by atoms with Gasteiger partial charge in [-0.3, -0.25) is 16.0 Å². The summed E-state index contributed by atoms with van der Waals surface area (Å²) in [6.45, 7) is 11.2. The molecule has 220 valence electrons. The number of hydrogen-bond donors (Lipinski definition) is 8. The van der Waals surface area contributed by atoms with Crippen LogP contribution in [-0.2, 0) is 4.74 Å². The molecule has 1 saturated carbocycles. The summed E-state index contributed by atoms with van der Waals surface area (Å²) in [6, 6.07) is 0.159. The lowest BCUT2D eigenvalue weighted by atomic mass is 9.71. The third kappa shape index (κ3) is 7.15. The second-order valence-electron chi connectivity index (χ2n) is 13.0. The minimum absolute atomic E-state index is 0.0110. The summed E-state index contributed by atoms with van der Waals surface area (Å²) in [5.41, 5.74) is 6.49. The zero-order valence-electron chi connectivity index (χ0n) is 23.8. The second kappa shape index (κ2) is 12.6. The van der Waals surface area contributed by atoms with E-state index in [1.165, 1.54) is 0 Å². The van der Waals surface area contributed by atoms with Crippen molar-refractivity contribution in [3.63, 3.8) is 0 Å². The van der Waals surface area contributed by atoms with E-state index in [4.69, 9.17) is 10.5 Å². The number of nitrogens with two attached hydrogens (primary N) is 1. The van der Waals surface area contributed by atoms with Crippen LogP contribution in [0.15, 0.2) is 0 Å². The van der Waals surface area contributed by atoms with Crippen molar-refractivity contribution < 1.29 is 19.7 Å². The summed E-state index contributed by atoms with van der Waals surface area (Å²) in [5, 5.41) is 37.6. The molecular formula is C26H52N8O4. The van der Waals surface area contributed by atoms with E-state index in [0.29, 0.717) is 25.3 Å². The number of ether oxygens (including phenoxy) is 1. The minimum Gasteiger partial charge on any atom is -0.387 e. The Balaban J connectivity index is 1.16. The van der Waals surface area contributed by atoms with Crippen LogP contribution in [0.4, 0.5) is 4.79 Å². The van der Waals surface area contributed by atoms with Crippen LogP contribution < -0.4 is 32.3 Å². The van der Waals surface area contributed by atoms with Crippen LogP contribution in [0.3, 0.4) is 0 Å². The van der Waals surface area contributed by atoms with Gasteiger partial charge in [0, 0.05) is 25.3 Å². The fraction of sp³-hybridized carbons (Fsp3) is 0.962. The molecule has 2 amide bonds. The zero-order valence-corrected chi connectivity index (χ0v) is 23.8. The Morgan fingerprint density at radius 1 is 1.16 bits per heavy atom. The number of nitrogens with one attached hydrogen (secondary N) is 5. The number of aliphatic hydroxyl groups excluding tert-OH is 2. The van der Waals surface area contributed by atoms with E-state index in [-0.39, 0.29) is 36.5 Å². The van der Waals surface area contributed by atoms with Gasteiger partial charge < -0.3 is 36.2 Å². The highest BCUT2D eigenvalue weighted by atomic mass is 16.6. The molecule has 8 atom stereocenters. The molecule has 0 aromatic rings. The van der Waals surface area contributed by atoms with Crippen molar-refractivity contribution in [1.29, 1.82) is 0 Å². The fourth-order valence-corrected chi connectivity index (χ4v) is 6.44. The van der Waals surface area contributed by atoms with Gasteiger partial charge in [0.15, 0.2) is 0 Å². The van der Waals surface area contributed by atoms with Crippen molar-refractivity contribution in [2.75, 3.05) is 33.5 Å². The van der Waals surface area contributed by atoms with Crippen LogP contribution >= 0.6 is 0 Å². The van der Waals surface area contributed by atoms with Gasteiger partial charge in [-0.15, -0.1) is 0 Å². The maximum atomic E-state index is 12.5. The SMILES string of the molecule is CC(CCN(C)C[C@H]1O[C@@H](N2CNC3C(N)NCNC32)[C@H](O)[C@@H]1O)NC(=O)NC1CCC(C(C)(C)C)CC1. The van der Waals surface area contributed by atoms with Gasteiger partial charge in [-0.25, -0.2) is 9.69 Å². The third-order valence-corrected chi connectivity index (χ3v) is 9.01. The summed E-state index contributed by atoms with van der Waals surface area (Å²) >= 11 is 0. The number of fused-ring (bicyclic) bond motifs is 1. The summed E-state index contributed by atoms with van der Waals surface area (Å²) in [5.74, 6) is 0.722. The first-order valence-corrected chi connectivity index (χ1v) is 14.4. The number of likely N-dealkylation sites (N-methyl/N-ethyl adjacent to an activating group) is 1. The van der Waals surface area contributed by atoms with Crippen molar-refractivity contribution in [2.45, 2.75) is 115 Å². The summed E-state index contributed by atoms with van der Waals surface area (Å²) in [7, 11) is 1.97. The molecule has 0 spiro atoms. The van der Waals surface area contributed by atoms with Crippen LogP contribution in [-0.4, -0.2) is 115 Å². The number of carbonyl (C=O) groups excluding carboxylic acids is 1. The van der Waals surface area contributed by atoms with E-state index in [1.54, 1.807) is 0 Å². The summed E-state index contributed by atoms with van der Waals surface area (Å²) < 4.78 is 6.17. The van der Waals surface area contributed by atoms with Crippen molar-refractivity contribution in [3.8, 4) is 0 Å². The van der Waals surface area contributed by atoms with E-state index in [9.17, 15) is 15.0 Å². The average molecular weight is 541 g/mol. The van der Waals surface area contributed by atoms with Crippen LogP contribution in [0.25, 0.3) is 0 Å². The minimum atomic E-state index is -1.01. The maximum absolute atomic E-state index is 12.5. The van der Waals surface area contributed by atoms with Gasteiger partial charge in [0.05, 0.1) is 25.0 Å². The highest BCUT2D eigenvalue weighted by molar-refractivity contribution is 5.74. The van der Waals surface area contributed by atoms with Crippen molar-refractivity contribution in [2.24, 2.45) is 17.1 Å². The molecule has 38 heavy (non-hydrogen) atoms. The topological polar surface area (TPSA) is 159 Å². The van der Waals surface area contributed by atoms with Crippen molar-refractivity contribution >= 4 is 6.03 Å². The predicted octanol–water partition coefficient (Wildman–Crippen LogP) is -0.960. The van der Waals surface area contributed by atoms with Crippen molar-refractivity contribution in [1.82, 2.24) is 36.4 Å². The first-order valence-electron chi connectivity index (χ1n) is 14.4. The first-order chi connectivity index (χ1) is 17.9. The van der Waals surface area contributed by atoms with Gasteiger partial charge in [-0.1, -0.05) is 20.8 Å². The first kappa shape index (κ1) is 29.9. The Labute approximate surface area is 227 Å². The number of aliphatic hydroxyl groups is 2. The van der Waals surface area contributed by atoms with Gasteiger partial charge in [-0.2, -0.15) is 0 Å². The number of urea groups is 1. The number of hydrogen-bond acceptors (Lipinski definition) is 10. The van der Waals surface area contributed by atoms with E-state index >= 15 is 0 Å². The average Bonchev–Trinajstić information content (AvgIpc) is 3.40. The van der Waals surface area contributed by atoms with E-state index in [0.717, 1.165) is 44.6 Å². The Morgan fingerprint density at radius 2 is 1.87 bits per heavy atom. The molecule has 3 aliphatic heterocycles. The van der Waals surface area contributed by atoms with Gasteiger partial charge in [0.25, 0.3) is 0 Å². The normalized spacial score (nSPS) is 39.2. The molecule has 0 aromatic heterocycles. The maximum Gasteiger partial charge on any atom is 0.315 e. The second-order valence-corrected chi connectivity index (χ2v) is 13.0. The predicted molar refractivity (Wildman–Crippen MR) is 146 cm³/mol. The van der Waals surface area contributed by atoms with Crippen LogP contribution in [0, 0.1) is 11.3 Å². The molecule has 4 unspecified atom stereocenters. The molecule has 0 aromatic carbocycles.